The molecule has 0 saturated carbocycles. The van der Waals surface area contributed by atoms with Gasteiger partial charge in [-0.25, -0.2) is 8.42 Å². The number of benzene rings is 2. The second-order valence-corrected chi connectivity index (χ2v) is 10.0. The van der Waals surface area contributed by atoms with E-state index in [1.54, 1.807) is 37.4 Å². The van der Waals surface area contributed by atoms with Gasteiger partial charge in [-0.05, 0) is 35.9 Å². The van der Waals surface area contributed by atoms with Gasteiger partial charge in [0.2, 0.25) is 0 Å². The summed E-state index contributed by atoms with van der Waals surface area (Å²) in [5.41, 5.74) is 0.597. The van der Waals surface area contributed by atoms with E-state index in [-0.39, 0.29) is 10.6 Å². The Balaban J connectivity index is 2.07. The molecule has 0 unspecified atom stereocenters. The van der Waals surface area contributed by atoms with Crippen LogP contribution in [0.2, 0.25) is 0 Å². The van der Waals surface area contributed by atoms with Gasteiger partial charge < -0.3 is 4.74 Å². The molecule has 0 radical (unpaired) electrons. The summed E-state index contributed by atoms with van der Waals surface area (Å²) in [6, 6.07) is 11.8. The molecule has 0 bridgehead atoms. The first kappa shape index (κ1) is 18.6. The van der Waals surface area contributed by atoms with Crippen molar-refractivity contribution >= 4 is 63.1 Å². The topological polar surface area (TPSA) is 60.4 Å². The SMILES string of the molecule is COc1ccc(CS(=O)(=O)c2cc3c(Br)cc(Br)cc3sc2=O)cc1. The van der Waals surface area contributed by atoms with Crippen molar-refractivity contribution in [1.29, 1.82) is 0 Å². The second kappa shape index (κ2) is 7.19. The van der Waals surface area contributed by atoms with Gasteiger partial charge in [0, 0.05) is 19.0 Å². The smallest absolute Gasteiger partial charge is 0.251 e. The number of methoxy groups -OCH3 is 1. The molecule has 1 aromatic heterocycles. The van der Waals surface area contributed by atoms with Gasteiger partial charge in [0.25, 0.3) is 4.74 Å². The van der Waals surface area contributed by atoms with Crippen LogP contribution in [0.5, 0.6) is 5.75 Å². The van der Waals surface area contributed by atoms with Crippen LogP contribution in [-0.4, -0.2) is 15.5 Å². The predicted octanol–water partition coefficient (Wildman–Crippen LogP) is 4.77. The van der Waals surface area contributed by atoms with Gasteiger partial charge in [-0.15, -0.1) is 0 Å². The van der Waals surface area contributed by atoms with Crippen LogP contribution in [-0.2, 0) is 15.6 Å². The van der Waals surface area contributed by atoms with Crippen LogP contribution in [0.25, 0.3) is 10.1 Å². The molecule has 25 heavy (non-hydrogen) atoms. The zero-order valence-corrected chi connectivity index (χ0v) is 17.8. The summed E-state index contributed by atoms with van der Waals surface area (Å²) in [5, 5.41) is 0.695. The number of sulfone groups is 1. The van der Waals surface area contributed by atoms with E-state index in [1.807, 2.05) is 6.07 Å². The first-order valence-corrected chi connectivity index (χ1v) is 11.1. The summed E-state index contributed by atoms with van der Waals surface area (Å²) in [6.07, 6.45) is 0. The molecule has 0 saturated heterocycles. The highest BCUT2D eigenvalue weighted by atomic mass is 79.9. The van der Waals surface area contributed by atoms with Gasteiger partial charge in [-0.3, -0.25) is 4.79 Å². The van der Waals surface area contributed by atoms with Crippen molar-refractivity contribution in [3.05, 3.63) is 66.5 Å². The van der Waals surface area contributed by atoms with Crippen LogP contribution in [0.15, 0.2) is 61.1 Å². The Kier molecular flexibility index (Phi) is 5.34. The van der Waals surface area contributed by atoms with Gasteiger partial charge >= 0.3 is 0 Å². The molecular weight excluding hydrogens is 492 g/mol. The molecule has 3 rings (SSSR count). The van der Waals surface area contributed by atoms with Crippen LogP contribution in [0, 0.1) is 0 Å². The predicted molar refractivity (Wildman–Crippen MR) is 107 cm³/mol. The monoisotopic (exact) mass is 502 g/mol. The molecular formula is C17H12Br2O4S2. The maximum absolute atomic E-state index is 12.7. The molecule has 0 aliphatic rings. The van der Waals surface area contributed by atoms with Crippen molar-refractivity contribution in [2.24, 2.45) is 0 Å². The molecule has 1 heterocycles. The minimum absolute atomic E-state index is 0.177. The number of halogens is 2. The van der Waals surface area contributed by atoms with Crippen LogP contribution in [0.1, 0.15) is 5.56 Å². The summed E-state index contributed by atoms with van der Waals surface area (Å²) < 4.78 is 32.4. The van der Waals surface area contributed by atoms with E-state index in [4.69, 9.17) is 4.74 Å². The first-order chi connectivity index (χ1) is 11.8. The molecule has 0 atom stereocenters. The molecule has 0 spiro atoms. The highest BCUT2D eigenvalue weighted by Crippen LogP contribution is 2.31. The minimum atomic E-state index is -3.76. The second-order valence-electron chi connectivity index (χ2n) is 5.30. The molecule has 130 valence electrons. The van der Waals surface area contributed by atoms with E-state index < -0.39 is 14.6 Å². The number of hydrogen-bond donors (Lipinski definition) is 0. The van der Waals surface area contributed by atoms with E-state index in [9.17, 15) is 13.2 Å². The lowest BCUT2D eigenvalue weighted by molar-refractivity contribution is 0.414. The summed E-state index contributed by atoms with van der Waals surface area (Å²) in [4.78, 5) is 12.2. The number of ether oxygens (including phenoxy) is 1. The summed E-state index contributed by atoms with van der Waals surface area (Å²) in [5.74, 6) is 0.409. The van der Waals surface area contributed by atoms with Crippen molar-refractivity contribution in [1.82, 2.24) is 0 Å². The quantitative estimate of drug-likeness (QED) is 0.514. The molecule has 0 N–H and O–H groups in total. The third kappa shape index (κ3) is 3.97. The maximum atomic E-state index is 12.7. The highest BCUT2D eigenvalue weighted by molar-refractivity contribution is 9.11. The Labute approximate surface area is 165 Å². The molecule has 0 amide bonds. The summed E-state index contributed by atoms with van der Waals surface area (Å²) in [6.45, 7) is 0. The zero-order valence-electron chi connectivity index (χ0n) is 13.0. The molecule has 4 nitrogen and oxygen atoms in total. The van der Waals surface area contributed by atoms with Crippen LogP contribution in [0.4, 0.5) is 0 Å². The fourth-order valence-electron chi connectivity index (χ4n) is 2.36. The molecule has 0 aliphatic heterocycles. The van der Waals surface area contributed by atoms with Crippen molar-refractivity contribution < 1.29 is 13.2 Å². The van der Waals surface area contributed by atoms with Crippen molar-refractivity contribution in [3.8, 4) is 5.75 Å². The van der Waals surface area contributed by atoms with E-state index >= 15 is 0 Å². The first-order valence-electron chi connectivity index (χ1n) is 7.09. The number of rotatable bonds is 4. The van der Waals surface area contributed by atoms with Gasteiger partial charge in [-0.2, -0.15) is 0 Å². The Morgan fingerprint density at radius 2 is 1.76 bits per heavy atom. The Morgan fingerprint density at radius 1 is 1.08 bits per heavy atom. The largest absolute Gasteiger partial charge is 0.497 e. The van der Waals surface area contributed by atoms with Gasteiger partial charge in [-0.1, -0.05) is 55.3 Å². The molecule has 0 fully saturated rings. The van der Waals surface area contributed by atoms with Gasteiger partial charge in [0.1, 0.15) is 10.6 Å². The van der Waals surface area contributed by atoms with Crippen molar-refractivity contribution in [3.63, 3.8) is 0 Å². The van der Waals surface area contributed by atoms with Crippen LogP contribution in [0.3, 0.4) is 0 Å². The average Bonchev–Trinajstić information content (AvgIpc) is 2.54. The van der Waals surface area contributed by atoms with E-state index in [2.05, 4.69) is 31.9 Å². The number of fused-ring (bicyclic) bond motifs is 1. The van der Waals surface area contributed by atoms with Crippen molar-refractivity contribution in [2.45, 2.75) is 10.6 Å². The standard InChI is InChI=1S/C17H12Br2O4S2/c1-23-12-4-2-10(3-5-12)9-25(21,22)16-8-13-14(19)6-11(18)7-15(13)24-17(16)20/h2-8H,9H2,1H3. The third-order valence-corrected chi connectivity index (χ3v) is 7.48. The van der Waals surface area contributed by atoms with E-state index in [1.165, 1.54) is 6.07 Å². The Bertz CT molecular complexity index is 1100. The molecule has 8 heteroatoms. The lowest BCUT2D eigenvalue weighted by Crippen LogP contribution is -2.14. The maximum Gasteiger partial charge on any atom is 0.251 e. The lowest BCUT2D eigenvalue weighted by atomic mass is 10.2. The fourth-order valence-corrected chi connectivity index (χ4v) is 6.65. The number of hydrogen-bond acceptors (Lipinski definition) is 5. The van der Waals surface area contributed by atoms with Crippen LogP contribution < -0.4 is 9.48 Å². The normalized spacial score (nSPS) is 11.6. The summed E-state index contributed by atoms with van der Waals surface area (Å²) >= 11 is 7.72. The summed E-state index contributed by atoms with van der Waals surface area (Å²) in [7, 11) is -2.21. The molecule has 0 aliphatic carbocycles. The lowest BCUT2D eigenvalue weighted by Gasteiger charge is -2.07. The molecule has 2 aromatic carbocycles. The minimum Gasteiger partial charge on any atom is -0.497 e. The molecule has 3 aromatic rings. The average molecular weight is 504 g/mol. The van der Waals surface area contributed by atoms with Crippen LogP contribution >= 0.6 is 43.2 Å². The van der Waals surface area contributed by atoms with Gasteiger partial charge in [0.05, 0.1) is 12.9 Å². The van der Waals surface area contributed by atoms with E-state index in [0.29, 0.717) is 16.7 Å². The highest BCUT2D eigenvalue weighted by Gasteiger charge is 2.21. The Morgan fingerprint density at radius 3 is 2.40 bits per heavy atom. The van der Waals surface area contributed by atoms with Crippen molar-refractivity contribution in [2.75, 3.05) is 7.11 Å². The van der Waals surface area contributed by atoms with Gasteiger partial charge in [0.15, 0.2) is 9.84 Å². The fraction of sp³-hybridized carbons (Fsp3) is 0.118. The zero-order chi connectivity index (χ0) is 18.2. The third-order valence-electron chi connectivity index (χ3n) is 3.59. The van der Waals surface area contributed by atoms with E-state index in [0.717, 1.165) is 25.0 Å². The Hall–Kier alpha value is -1.22.